The van der Waals surface area contributed by atoms with Crippen LogP contribution in [-0.2, 0) is 26.2 Å². The third-order valence-electron chi connectivity index (χ3n) is 5.19. The minimum atomic E-state index is -3.71. The van der Waals surface area contributed by atoms with Crippen LogP contribution < -0.4 is 10.2 Å². The second-order valence-corrected chi connectivity index (χ2v) is 9.62. The van der Waals surface area contributed by atoms with E-state index in [0.717, 1.165) is 16.1 Å². The zero-order valence-electron chi connectivity index (χ0n) is 17.1. The molecule has 3 rings (SSSR count). The molecule has 2 amide bonds. The fourth-order valence-corrected chi connectivity index (χ4v) is 4.44. The molecule has 0 spiro atoms. The van der Waals surface area contributed by atoms with Crippen LogP contribution in [0, 0.1) is 12.7 Å². The van der Waals surface area contributed by atoms with Gasteiger partial charge in [0.1, 0.15) is 11.4 Å². The molecule has 0 aliphatic carbocycles. The summed E-state index contributed by atoms with van der Waals surface area (Å²) in [5.41, 5.74) is 0.182. The Morgan fingerprint density at radius 2 is 1.87 bits per heavy atom. The monoisotopic (exact) mass is 433 g/mol. The number of sulfonamides is 1. The number of rotatable bonds is 5. The number of hydrogen-bond donors (Lipinski definition) is 1. The van der Waals surface area contributed by atoms with Crippen LogP contribution in [0.3, 0.4) is 0 Å². The number of hydrogen-bond acceptors (Lipinski definition) is 4. The van der Waals surface area contributed by atoms with Crippen molar-refractivity contribution in [2.45, 2.75) is 25.9 Å². The van der Waals surface area contributed by atoms with E-state index >= 15 is 0 Å². The van der Waals surface area contributed by atoms with E-state index in [0.29, 0.717) is 11.3 Å². The molecule has 7 nitrogen and oxygen atoms in total. The number of nitrogens with one attached hydrogen (secondary N) is 1. The lowest BCUT2D eigenvalue weighted by molar-refractivity contribution is -0.133. The van der Waals surface area contributed by atoms with Gasteiger partial charge in [0.25, 0.3) is 0 Å². The summed E-state index contributed by atoms with van der Waals surface area (Å²) in [7, 11) is -3.71. The van der Waals surface area contributed by atoms with Crippen LogP contribution in [0.15, 0.2) is 48.5 Å². The highest BCUT2D eigenvalue weighted by molar-refractivity contribution is 7.88. The lowest BCUT2D eigenvalue weighted by Crippen LogP contribution is -2.70. The van der Waals surface area contributed by atoms with E-state index in [2.05, 4.69) is 5.32 Å². The summed E-state index contributed by atoms with van der Waals surface area (Å²) >= 11 is 0. The summed E-state index contributed by atoms with van der Waals surface area (Å²) in [5, 5.41) is 2.80. The first kappa shape index (κ1) is 21.9. The van der Waals surface area contributed by atoms with Gasteiger partial charge in [0.15, 0.2) is 0 Å². The highest BCUT2D eigenvalue weighted by atomic mass is 32.2. The molecule has 2 aromatic carbocycles. The van der Waals surface area contributed by atoms with Gasteiger partial charge in [-0.05, 0) is 43.2 Å². The Balaban J connectivity index is 2.00. The Hall–Kier alpha value is -2.78. The molecule has 1 aliphatic heterocycles. The van der Waals surface area contributed by atoms with Crippen LogP contribution in [0.4, 0.5) is 10.1 Å². The Kier molecular flexibility index (Phi) is 5.96. The maximum Gasteiger partial charge on any atom is 0.247 e. The van der Waals surface area contributed by atoms with Gasteiger partial charge in [-0.2, -0.15) is 4.31 Å². The average Bonchev–Trinajstić information content (AvgIpc) is 2.67. The van der Waals surface area contributed by atoms with Crippen molar-refractivity contribution in [3.8, 4) is 0 Å². The molecule has 1 N–H and O–H groups in total. The summed E-state index contributed by atoms with van der Waals surface area (Å²) in [5.74, 6) is -1.52. The normalized spacial score (nSPS) is 20.3. The van der Waals surface area contributed by atoms with Crippen molar-refractivity contribution in [1.29, 1.82) is 0 Å². The standard InChI is InChI=1S/C21H24FN3O4S/c1-15-11-17(22)9-10-18(15)25-19(26)13-24(30(3,28)29)14-21(25,2)20(27)23-12-16-7-5-4-6-8-16/h4-11H,12-14H2,1-3H3,(H,23,27)/t21-/m1/s1. The second-order valence-electron chi connectivity index (χ2n) is 7.63. The molecule has 160 valence electrons. The van der Waals surface area contributed by atoms with E-state index in [1.165, 1.54) is 30.0 Å². The zero-order valence-corrected chi connectivity index (χ0v) is 17.9. The van der Waals surface area contributed by atoms with E-state index in [1.54, 1.807) is 6.92 Å². The van der Waals surface area contributed by atoms with Crippen molar-refractivity contribution >= 4 is 27.5 Å². The van der Waals surface area contributed by atoms with Crippen molar-refractivity contribution in [3.63, 3.8) is 0 Å². The number of carbonyl (C=O) groups is 2. The van der Waals surface area contributed by atoms with Crippen LogP contribution in [0.2, 0.25) is 0 Å². The average molecular weight is 434 g/mol. The predicted molar refractivity (Wildman–Crippen MR) is 112 cm³/mol. The smallest absolute Gasteiger partial charge is 0.247 e. The van der Waals surface area contributed by atoms with E-state index in [9.17, 15) is 22.4 Å². The van der Waals surface area contributed by atoms with Crippen LogP contribution in [0.25, 0.3) is 0 Å². The lowest BCUT2D eigenvalue weighted by atomic mass is 9.93. The van der Waals surface area contributed by atoms with E-state index < -0.39 is 39.7 Å². The third kappa shape index (κ3) is 4.36. The highest BCUT2D eigenvalue weighted by Crippen LogP contribution is 2.33. The van der Waals surface area contributed by atoms with Gasteiger partial charge in [0.2, 0.25) is 21.8 Å². The van der Waals surface area contributed by atoms with Gasteiger partial charge in [-0.15, -0.1) is 0 Å². The van der Waals surface area contributed by atoms with Crippen molar-refractivity contribution < 1.29 is 22.4 Å². The molecule has 1 saturated heterocycles. The molecule has 0 saturated carbocycles. The number of carbonyl (C=O) groups excluding carboxylic acids is 2. The summed E-state index contributed by atoms with van der Waals surface area (Å²) in [6.07, 6.45) is 1.00. The van der Waals surface area contributed by atoms with Gasteiger partial charge < -0.3 is 5.32 Å². The third-order valence-corrected chi connectivity index (χ3v) is 6.39. The number of aryl methyl sites for hydroxylation is 1. The predicted octanol–water partition coefficient (Wildman–Crippen LogP) is 1.82. The number of amides is 2. The largest absolute Gasteiger partial charge is 0.350 e. The maximum absolute atomic E-state index is 13.6. The molecular formula is C21H24FN3O4S. The van der Waals surface area contributed by atoms with Crippen LogP contribution in [0.1, 0.15) is 18.1 Å². The molecule has 30 heavy (non-hydrogen) atoms. The fraction of sp³-hybridized carbons (Fsp3) is 0.333. The number of anilines is 1. The number of piperazine rings is 1. The van der Waals surface area contributed by atoms with Crippen LogP contribution in [-0.4, -0.2) is 49.4 Å². The summed E-state index contributed by atoms with van der Waals surface area (Å²) in [6, 6.07) is 13.1. The summed E-state index contributed by atoms with van der Waals surface area (Å²) < 4.78 is 38.9. The number of benzene rings is 2. The molecule has 0 bridgehead atoms. The second kappa shape index (κ2) is 8.16. The summed E-state index contributed by atoms with van der Waals surface area (Å²) in [6.45, 7) is 2.77. The molecular weight excluding hydrogens is 409 g/mol. The molecule has 1 aliphatic rings. The molecule has 9 heteroatoms. The molecule has 1 heterocycles. The molecule has 0 aromatic heterocycles. The maximum atomic E-state index is 13.6. The van der Waals surface area contributed by atoms with Gasteiger partial charge >= 0.3 is 0 Å². The molecule has 0 radical (unpaired) electrons. The Morgan fingerprint density at radius 3 is 2.47 bits per heavy atom. The van der Waals surface area contributed by atoms with Crippen molar-refractivity contribution in [2.75, 3.05) is 24.2 Å². The number of nitrogens with zero attached hydrogens (tertiary/aromatic N) is 2. The Bertz CT molecular complexity index is 1070. The van der Waals surface area contributed by atoms with E-state index in [1.807, 2.05) is 30.3 Å². The Morgan fingerprint density at radius 1 is 1.20 bits per heavy atom. The first-order valence-corrected chi connectivity index (χ1v) is 11.2. The van der Waals surface area contributed by atoms with Crippen molar-refractivity contribution in [3.05, 3.63) is 65.5 Å². The Labute approximate surface area is 175 Å². The van der Waals surface area contributed by atoms with E-state index in [4.69, 9.17) is 0 Å². The molecule has 2 aromatic rings. The van der Waals surface area contributed by atoms with Gasteiger partial charge in [-0.3, -0.25) is 14.5 Å². The van der Waals surface area contributed by atoms with Gasteiger partial charge in [0.05, 0.1) is 12.8 Å². The first-order chi connectivity index (χ1) is 14.0. The van der Waals surface area contributed by atoms with Crippen LogP contribution in [0.5, 0.6) is 0 Å². The van der Waals surface area contributed by atoms with Gasteiger partial charge in [0, 0.05) is 18.8 Å². The minimum Gasteiger partial charge on any atom is -0.350 e. The SMILES string of the molecule is Cc1cc(F)ccc1N1C(=O)CN(S(C)(=O)=O)C[C@]1(C)C(=O)NCc1ccccc1. The van der Waals surface area contributed by atoms with E-state index in [-0.39, 0.29) is 13.1 Å². The molecule has 1 fully saturated rings. The van der Waals surface area contributed by atoms with Crippen molar-refractivity contribution in [1.82, 2.24) is 9.62 Å². The number of halogens is 1. The van der Waals surface area contributed by atoms with Gasteiger partial charge in [-0.25, -0.2) is 12.8 Å². The van der Waals surface area contributed by atoms with Crippen molar-refractivity contribution in [2.24, 2.45) is 0 Å². The minimum absolute atomic E-state index is 0.213. The van der Waals surface area contributed by atoms with Gasteiger partial charge in [-0.1, -0.05) is 30.3 Å². The topological polar surface area (TPSA) is 86.8 Å². The quantitative estimate of drug-likeness (QED) is 0.779. The van der Waals surface area contributed by atoms with Crippen LogP contribution >= 0.6 is 0 Å². The molecule has 1 atom stereocenters. The highest BCUT2D eigenvalue weighted by Gasteiger charge is 2.50. The summed E-state index contributed by atoms with van der Waals surface area (Å²) in [4.78, 5) is 27.6. The zero-order chi connectivity index (χ0) is 22.1. The first-order valence-electron chi connectivity index (χ1n) is 9.39. The molecule has 0 unspecified atom stereocenters. The fourth-order valence-electron chi connectivity index (χ4n) is 3.61. The lowest BCUT2D eigenvalue weighted by Gasteiger charge is -2.46.